The van der Waals surface area contributed by atoms with Crippen molar-refractivity contribution in [1.29, 1.82) is 0 Å². The molecule has 2 heterocycles. The van der Waals surface area contributed by atoms with E-state index in [2.05, 4.69) is 20.5 Å². The maximum atomic E-state index is 14.2. The maximum Gasteiger partial charge on any atom is 0.420 e. The van der Waals surface area contributed by atoms with E-state index in [-0.39, 0.29) is 29.6 Å². The molecule has 1 N–H and O–H groups in total. The number of halogens is 4. The van der Waals surface area contributed by atoms with Crippen LogP contribution in [0.4, 0.5) is 17.6 Å². The van der Waals surface area contributed by atoms with Crippen molar-refractivity contribution in [3.8, 4) is 34.0 Å². The summed E-state index contributed by atoms with van der Waals surface area (Å²) in [5.74, 6) is 0.0681. The van der Waals surface area contributed by atoms with Crippen LogP contribution in [0.3, 0.4) is 0 Å². The summed E-state index contributed by atoms with van der Waals surface area (Å²) in [6, 6.07) is 13.9. The summed E-state index contributed by atoms with van der Waals surface area (Å²) in [4.78, 5) is 4.41. The third kappa shape index (κ3) is 5.55. The number of alkyl halides is 3. The van der Waals surface area contributed by atoms with Gasteiger partial charge in [0.15, 0.2) is 11.4 Å². The van der Waals surface area contributed by atoms with Crippen LogP contribution in [0.1, 0.15) is 18.1 Å². The smallest absolute Gasteiger partial charge is 0.420 e. The first kappa shape index (κ1) is 26.5. The molecule has 0 radical (unpaired) electrons. The molecule has 5 rings (SSSR count). The fourth-order valence-corrected chi connectivity index (χ4v) is 4.43. The van der Waals surface area contributed by atoms with E-state index >= 15 is 0 Å². The molecule has 0 spiro atoms. The number of nitrogens with one attached hydrogen (secondary N) is 1. The number of ether oxygens (including phenoxy) is 1. The molecule has 0 aliphatic carbocycles. The Morgan fingerprint density at radius 1 is 1.05 bits per heavy atom. The van der Waals surface area contributed by atoms with Crippen molar-refractivity contribution in [2.45, 2.75) is 25.7 Å². The molecule has 202 valence electrons. The zero-order valence-corrected chi connectivity index (χ0v) is 21.4. The molecule has 39 heavy (non-hydrogen) atoms. The Balaban J connectivity index is 1.56. The van der Waals surface area contributed by atoms with Crippen LogP contribution in [0.15, 0.2) is 65.3 Å². The Bertz CT molecular complexity index is 1630. The maximum absolute atomic E-state index is 14.2. The number of aryl methyl sites for hydroxylation is 1. The summed E-state index contributed by atoms with van der Waals surface area (Å²) in [6.07, 6.45) is -3.12. The fourth-order valence-electron chi connectivity index (χ4n) is 4.43. The molecule has 11 heteroatoms. The van der Waals surface area contributed by atoms with Gasteiger partial charge in [0.25, 0.3) is 0 Å². The van der Waals surface area contributed by atoms with Gasteiger partial charge in [0.2, 0.25) is 5.89 Å². The second-order valence-corrected chi connectivity index (χ2v) is 9.28. The van der Waals surface area contributed by atoms with Gasteiger partial charge in [-0.25, -0.2) is 9.37 Å². The van der Waals surface area contributed by atoms with Gasteiger partial charge in [0.05, 0.1) is 6.61 Å². The fraction of sp³-hybridized carbons (Fsp3) is 0.250. The van der Waals surface area contributed by atoms with Crippen LogP contribution in [0.25, 0.3) is 45.1 Å². The van der Waals surface area contributed by atoms with Crippen LogP contribution < -0.4 is 5.32 Å². The third-order valence-electron chi connectivity index (χ3n) is 6.28. The third-order valence-corrected chi connectivity index (χ3v) is 6.28. The monoisotopic (exact) mass is 539 g/mol. The molecule has 5 aromatic rings. The van der Waals surface area contributed by atoms with Gasteiger partial charge in [-0.3, -0.25) is 0 Å². The first-order valence-corrected chi connectivity index (χ1v) is 12.1. The van der Waals surface area contributed by atoms with E-state index in [9.17, 15) is 17.6 Å². The lowest BCUT2D eigenvalue weighted by atomic mass is 9.97. The van der Waals surface area contributed by atoms with Gasteiger partial charge in [0.1, 0.15) is 23.2 Å². The number of benzene rings is 3. The molecule has 0 amide bonds. The molecule has 0 bridgehead atoms. The van der Waals surface area contributed by atoms with Gasteiger partial charge in [0, 0.05) is 37.9 Å². The normalized spacial score (nSPS) is 12.8. The van der Waals surface area contributed by atoms with Crippen molar-refractivity contribution in [1.82, 2.24) is 25.1 Å². The van der Waals surface area contributed by atoms with Gasteiger partial charge in [-0.2, -0.15) is 13.2 Å². The van der Waals surface area contributed by atoms with Crippen LogP contribution in [0.2, 0.25) is 0 Å². The van der Waals surface area contributed by atoms with Crippen LogP contribution in [0.5, 0.6) is 0 Å². The minimum absolute atomic E-state index is 0.0394. The van der Waals surface area contributed by atoms with Crippen molar-refractivity contribution in [2.75, 3.05) is 13.7 Å². The zero-order valence-electron chi connectivity index (χ0n) is 21.4. The summed E-state index contributed by atoms with van der Waals surface area (Å²) < 4.78 is 68.6. The molecule has 1 atom stereocenters. The van der Waals surface area contributed by atoms with Gasteiger partial charge in [-0.1, -0.05) is 18.2 Å². The summed E-state index contributed by atoms with van der Waals surface area (Å²) in [7, 11) is 3.31. The standard InChI is InChI=1S/C28H25F4N5O2/c1-16(14-38-3)33-13-17-9-23(28(30,31)32)25-24(10-17)35-27(39-25)19-6-4-5-18(11-19)21-8-7-20(29)12-22(21)26-36-34-15-37(26)2/h4-12,15-16,33H,13-14H2,1-3H3. The Labute approximate surface area is 221 Å². The average Bonchev–Trinajstić information content (AvgIpc) is 3.52. The van der Waals surface area contributed by atoms with E-state index in [1.165, 1.54) is 18.5 Å². The first-order valence-electron chi connectivity index (χ1n) is 12.1. The van der Waals surface area contributed by atoms with Crippen molar-refractivity contribution >= 4 is 11.1 Å². The highest BCUT2D eigenvalue weighted by molar-refractivity contribution is 5.84. The number of oxazole rings is 1. The highest BCUT2D eigenvalue weighted by atomic mass is 19.4. The summed E-state index contributed by atoms with van der Waals surface area (Å²) in [5, 5.41) is 11.1. The van der Waals surface area contributed by atoms with E-state index in [0.717, 1.165) is 6.07 Å². The molecule has 2 aromatic heterocycles. The minimum Gasteiger partial charge on any atom is -0.435 e. The molecule has 0 aliphatic rings. The van der Waals surface area contributed by atoms with Gasteiger partial charge in [-0.15, -0.1) is 10.2 Å². The van der Waals surface area contributed by atoms with E-state index < -0.39 is 17.6 Å². The number of fused-ring (bicyclic) bond motifs is 1. The molecule has 0 aliphatic heterocycles. The molecular formula is C28H25F4N5O2. The van der Waals surface area contributed by atoms with Gasteiger partial charge < -0.3 is 19.0 Å². The van der Waals surface area contributed by atoms with Crippen LogP contribution in [-0.4, -0.2) is 39.5 Å². The predicted octanol–water partition coefficient (Wildman–Crippen LogP) is 6.24. The largest absolute Gasteiger partial charge is 0.435 e. The Kier molecular flexibility index (Phi) is 7.19. The number of nitrogens with zero attached hydrogens (tertiary/aromatic N) is 4. The highest BCUT2D eigenvalue weighted by Crippen LogP contribution is 2.39. The average molecular weight is 540 g/mol. The van der Waals surface area contributed by atoms with Crippen molar-refractivity contribution < 1.29 is 26.7 Å². The molecular weight excluding hydrogens is 514 g/mol. The zero-order chi connectivity index (χ0) is 27.7. The Morgan fingerprint density at radius 2 is 1.85 bits per heavy atom. The second-order valence-electron chi connectivity index (χ2n) is 9.28. The Hall–Kier alpha value is -4.09. The quantitative estimate of drug-likeness (QED) is 0.235. The second kappa shape index (κ2) is 10.6. The minimum atomic E-state index is -4.63. The summed E-state index contributed by atoms with van der Waals surface area (Å²) >= 11 is 0. The van der Waals surface area contributed by atoms with E-state index in [4.69, 9.17) is 9.15 Å². The summed E-state index contributed by atoms with van der Waals surface area (Å²) in [6.45, 7) is 2.51. The molecule has 7 nitrogen and oxygen atoms in total. The van der Waals surface area contributed by atoms with Crippen LogP contribution in [-0.2, 0) is 24.5 Å². The number of methoxy groups -OCH3 is 1. The number of aromatic nitrogens is 4. The van der Waals surface area contributed by atoms with E-state index in [0.29, 0.717) is 40.2 Å². The number of rotatable bonds is 8. The lowest BCUT2D eigenvalue weighted by molar-refractivity contribution is -0.136. The van der Waals surface area contributed by atoms with Crippen molar-refractivity contribution in [3.63, 3.8) is 0 Å². The number of hydrogen-bond donors (Lipinski definition) is 1. The SMILES string of the molecule is COCC(C)NCc1cc(C(F)(F)F)c2oc(-c3cccc(-c4ccc(F)cc4-c4nncn4C)c3)nc2c1. The van der Waals surface area contributed by atoms with E-state index in [1.54, 1.807) is 49.1 Å². The van der Waals surface area contributed by atoms with E-state index in [1.807, 2.05) is 13.0 Å². The van der Waals surface area contributed by atoms with Crippen molar-refractivity contribution in [3.05, 3.63) is 77.9 Å². The van der Waals surface area contributed by atoms with Crippen LogP contribution >= 0.6 is 0 Å². The van der Waals surface area contributed by atoms with Crippen molar-refractivity contribution in [2.24, 2.45) is 7.05 Å². The molecule has 1 unspecified atom stereocenters. The topological polar surface area (TPSA) is 78.0 Å². The molecule has 0 saturated carbocycles. The lowest BCUT2D eigenvalue weighted by Gasteiger charge is -2.14. The number of hydrogen-bond acceptors (Lipinski definition) is 6. The molecule has 0 saturated heterocycles. The first-order chi connectivity index (χ1) is 18.6. The highest BCUT2D eigenvalue weighted by Gasteiger charge is 2.35. The van der Waals surface area contributed by atoms with Crippen LogP contribution in [0, 0.1) is 5.82 Å². The molecule has 3 aromatic carbocycles. The van der Waals surface area contributed by atoms with Gasteiger partial charge in [-0.05, 0) is 60.0 Å². The predicted molar refractivity (Wildman–Crippen MR) is 138 cm³/mol. The lowest BCUT2D eigenvalue weighted by Crippen LogP contribution is -2.29. The summed E-state index contributed by atoms with van der Waals surface area (Å²) in [5.41, 5.74) is 1.63. The molecule has 0 fully saturated rings. The van der Waals surface area contributed by atoms with Gasteiger partial charge >= 0.3 is 6.18 Å². The Morgan fingerprint density at radius 3 is 2.56 bits per heavy atom.